The fourth-order valence-corrected chi connectivity index (χ4v) is 7.45. The number of aliphatic hydroxyl groups is 1. The minimum absolute atomic E-state index is 0.113. The molecule has 2 N–H and O–H groups in total. The molecule has 7 aromatic rings. The van der Waals surface area contributed by atoms with Crippen molar-refractivity contribution in [3.05, 3.63) is 107 Å². The number of tetrazole rings is 2. The van der Waals surface area contributed by atoms with Gasteiger partial charge in [-0.05, 0) is 63.2 Å². The summed E-state index contributed by atoms with van der Waals surface area (Å²) in [6.07, 6.45) is -0.341. The number of aryl methyl sites for hydroxylation is 2. The molecule has 8 heterocycles. The zero-order chi connectivity index (χ0) is 49.6. The van der Waals surface area contributed by atoms with Crippen molar-refractivity contribution in [1.82, 2.24) is 70.4 Å². The Kier molecular flexibility index (Phi) is 14.1. The molecule has 2 fully saturated rings. The van der Waals surface area contributed by atoms with E-state index < -0.39 is 29.9 Å². The number of amides is 2. The van der Waals surface area contributed by atoms with Crippen LogP contribution in [0.5, 0.6) is 0 Å². The van der Waals surface area contributed by atoms with Crippen LogP contribution >= 0.6 is 0 Å². The average Bonchev–Trinajstić information content (AvgIpc) is 4.04. The molecule has 0 spiro atoms. The van der Waals surface area contributed by atoms with Gasteiger partial charge >= 0.3 is 18.2 Å². The number of cyclic esters (lactones) is 1. The van der Waals surface area contributed by atoms with Gasteiger partial charge in [0.2, 0.25) is 11.9 Å². The highest BCUT2D eigenvalue weighted by molar-refractivity contribution is 5.90. The van der Waals surface area contributed by atoms with Crippen molar-refractivity contribution in [2.75, 3.05) is 46.4 Å². The first kappa shape index (κ1) is 47.5. The molecule has 4 aromatic heterocycles. The van der Waals surface area contributed by atoms with Gasteiger partial charge in [0.25, 0.3) is 0 Å². The molecule has 26 nitrogen and oxygen atoms in total. The quantitative estimate of drug-likeness (QED) is 0.0954. The molecule has 2 amide bonds. The lowest BCUT2D eigenvalue weighted by Crippen LogP contribution is -2.25. The fourth-order valence-electron chi connectivity index (χ4n) is 7.45. The lowest BCUT2D eigenvalue weighted by Gasteiger charge is -2.15. The van der Waals surface area contributed by atoms with Crippen molar-refractivity contribution in [2.45, 2.75) is 64.8 Å². The monoisotopic (exact) mass is 980 g/mol. The van der Waals surface area contributed by atoms with Crippen LogP contribution in [0.4, 0.5) is 41.6 Å². The number of anilines is 4. The Bertz CT molecular complexity index is 2970. The summed E-state index contributed by atoms with van der Waals surface area (Å²) >= 11 is 0. The number of ether oxygens (including phenoxy) is 4. The molecule has 0 radical (unpaired) electrons. The van der Waals surface area contributed by atoms with E-state index in [1.165, 1.54) is 38.8 Å². The van der Waals surface area contributed by atoms with E-state index in [1.54, 1.807) is 35.6 Å². The van der Waals surface area contributed by atoms with Gasteiger partial charge in [0.05, 0.1) is 51.6 Å². The highest BCUT2D eigenvalue weighted by Gasteiger charge is 2.33. The SMILES string of the molecule is CCCC(=O)OCC1CO1.Cn1nnnc1N1Cc2nn(-c3ccc(N4C[C@H](CO)OC4=O)cc3F)nc2C1.Cn1nnnc1N1Cc2nn(-c3ccc(NC(=O)OCc4ccccc4)cc3F)nc2C1. The molecule has 0 bridgehead atoms. The zero-order valence-corrected chi connectivity index (χ0v) is 38.4. The van der Waals surface area contributed by atoms with Crippen molar-refractivity contribution in [2.24, 2.45) is 14.1 Å². The summed E-state index contributed by atoms with van der Waals surface area (Å²) in [5.74, 6) is -0.0552. The molecule has 4 aliphatic rings. The summed E-state index contributed by atoms with van der Waals surface area (Å²) in [4.78, 5) is 42.2. The number of hydrogen-bond donors (Lipinski definition) is 2. The second kappa shape index (κ2) is 21.0. The molecule has 0 aliphatic carbocycles. The van der Waals surface area contributed by atoms with Crippen LogP contribution in [0.25, 0.3) is 11.4 Å². The first-order chi connectivity index (χ1) is 34.4. The number of halogens is 2. The summed E-state index contributed by atoms with van der Waals surface area (Å²) in [6, 6.07) is 17.9. The first-order valence-corrected chi connectivity index (χ1v) is 22.2. The molecule has 0 saturated carbocycles. The van der Waals surface area contributed by atoms with Gasteiger partial charge in [-0.25, -0.2) is 27.7 Å². The standard InChI is InChI=1S/C20H18FN9O2.C16H16FN9O3.C7H12O3/c1-28-19(23-26-27-28)29-10-16-17(11-29)25-30(24-16)18-8-7-14(9-15(18)21)22-20(31)32-12-13-5-3-2-4-6-13;1-23-15(18-21-22-23)24-6-12-13(7-24)20-26(19-12)14-3-2-9(4-11(14)17)25-5-10(8-27)29-16(25)28;1-2-3-7(8)10-5-6-4-9-6/h2-9H,10-12H2,1H3,(H,22,31);2-4,10,27H,5-8H2,1H3;6H,2-5H2,1H3/t;10-;/m.1./s1. The first-order valence-electron chi connectivity index (χ1n) is 22.2. The number of nitrogens with one attached hydrogen (secondary N) is 1. The molecule has 2 saturated heterocycles. The van der Waals surface area contributed by atoms with Crippen molar-refractivity contribution >= 4 is 41.4 Å². The molecular weight excluding hydrogens is 935 g/mol. The number of carbonyl (C=O) groups excluding carboxylic acids is 3. The summed E-state index contributed by atoms with van der Waals surface area (Å²) in [6.45, 7) is 5.01. The molecule has 11 rings (SSSR count). The lowest BCUT2D eigenvalue weighted by atomic mass is 10.2. The average molecular weight is 981 g/mol. The van der Waals surface area contributed by atoms with Gasteiger partial charge in [-0.1, -0.05) is 47.5 Å². The second-order valence-electron chi connectivity index (χ2n) is 16.4. The maximum absolute atomic E-state index is 14.7. The maximum Gasteiger partial charge on any atom is 0.414 e. The van der Waals surface area contributed by atoms with Gasteiger partial charge < -0.3 is 33.9 Å². The number of esters is 1. The summed E-state index contributed by atoms with van der Waals surface area (Å²) in [5, 5.41) is 52.1. The molecule has 28 heteroatoms. The smallest absolute Gasteiger partial charge is 0.414 e. The van der Waals surface area contributed by atoms with Crippen LogP contribution in [0.2, 0.25) is 0 Å². The maximum atomic E-state index is 14.7. The molecule has 71 heavy (non-hydrogen) atoms. The number of aromatic nitrogens is 14. The number of nitrogens with zero attached hydrogens (tertiary/aromatic N) is 17. The Morgan fingerprint density at radius 2 is 1.34 bits per heavy atom. The Morgan fingerprint density at radius 1 is 0.775 bits per heavy atom. The topological polar surface area (TPSA) is 282 Å². The van der Waals surface area contributed by atoms with E-state index in [0.717, 1.165) is 30.0 Å². The summed E-state index contributed by atoms with van der Waals surface area (Å²) in [7, 11) is 3.50. The molecule has 1 unspecified atom stereocenters. The number of fused-ring (bicyclic) bond motifs is 2. The highest BCUT2D eigenvalue weighted by Crippen LogP contribution is 2.29. The van der Waals surface area contributed by atoms with Crippen LogP contribution in [-0.2, 0) is 70.6 Å². The molecule has 370 valence electrons. The van der Waals surface area contributed by atoms with E-state index in [1.807, 2.05) is 47.1 Å². The molecule has 3 aromatic carbocycles. The number of benzene rings is 3. The third-order valence-electron chi connectivity index (χ3n) is 11.1. The number of aliphatic hydroxyl groups excluding tert-OH is 1. The van der Waals surface area contributed by atoms with E-state index >= 15 is 0 Å². The van der Waals surface area contributed by atoms with Crippen LogP contribution in [0, 0.1) is 11.6 Å². The fraction of sp³-hybridized carbons (Fsp3) is 0.372. The van der Waals surface area contributed by atoms with Gasteiger partial charge in [-0.15, -0.1) is 9.59 Å². The molecule has 4 aliphatic heterocycles. The Morgan fingerprint density at radius 3 is 1.82 bits per heavy atom. The van der Waals surface area contributed by atoms with E-state index in [0.29, 0.717) is 68.2 Å². The molecule has 2 atom stereocenters. The van der Waals surface area contributed by atoms with E-state index in [9.17, 15) is 23.2 Å². The number of hydrogen-bond acceptors (Lipinski definition) is 20. The third kappa shape index (κ3) is 11.2. The second-order valence-corrected chi connectivity index (χ2v) is 16.4. The summed E-state index contributed by atoms with van der Waals surface area (Å²) < 4.78 is 52.4. The van der Waals surface area contributed by atoms with Crippen LogP contribution < -0.4 is 20.0 Å². The van der Waals surface area contributed by atoms with Crippen molar-refractivity contribution in [1.29, 1.82) is 0 Å². The van der Waals surface area contributed by atoms with Gasteiger partial charge in [-0.3, -0.25) is 15.0 Å². The van der Waals surface area contributed by atoms with E-state index in [2.05, 4.69) is 56.8 Å². The third-order valence-corrected chi connectivity index (χ3v) is 11.1. The van der Waals surface area contributed by atoms with E-state index in [-0.39, 0.29) is 48.9 Å². The Labute approximate surface area is 401 Å². The van der Waals surface area contributed by atoms with E-state index in [4.69, 9.17) is 24.1 Å². The zero-order valence-electron chi connectivity index (χ0n) is 38.4. The van der Waals surface area contributed by atoms with Crippen molar-refractivity contribution in [3.63, 3.8) is 0 Å². The van der Waals surface area contributed by atoms with Crippen LogP contribution in [0.1, 0.15) is 48.1 Å². The minimum Gasteiger partial charge on any atom is -0.463 e. The van der Waals surface area contributed by atoms with Crippen molar-refractivity contribution in [3.8, 4) is 11.4 Å². The van der Waals surface area contributed by atoms with Crippen LogP contribution in [0.3, 0.4) is 0 Å². The minimum atomic E-state index is -0.671. The Balaban J connectivity index is 0.000000148. The van der Waals surface area contributed by atoms with Gasteiger partial charge in [-0.2, -0.15) is 20.4 Å². The number of rotatable bonds is 13. The van der Waals surface area contributed by atoms with Gasteiger partial charge in [0, 0.05) is 32.3 Å². The normalized spacial score (nSPS) is 16.4. The predicted molar refractivity (Wildman–Crippen MR) is 241 cm³/mol. The van der Waals surface area contributed by atoms with Crippen LogP contribution in [0.15, 0.2) is 66.7 Å². The van der Waals surface area contributed by atoms with Crippen LogP contribution in [-0.4, -0.2) is 132 Å². The molecular formula is C43H46F2N18O8. The van der Waals surface area contributed by atoms with Gasteiger partial charge in [0.15, 0.2) is 11.6 Å². The number of epoxide rings is 1. The number of carbonyl (C=O) groups is 3. The summed E-state index contributed by atoms with van der Waals surface area (Å²) in [5.41, 5.74) is 4.68. The van der Waals surface area contributed by atoms with Crippen molar-refractivity contribution < 1.29 is 47.2 Å². The highest BCUT2D eigenvalue weighted by atomic mass is 19.1. The Hall–Kier alpha value is -8.53. The van der Waals surface area contributed by atoms with Gasteiger partial charge in [0.1, 0.15) is 59.6 Å². The largest absolute Gasteiger partial charge is 0.463 e. The predicted octanol–water partition coefficient (Wildman–Crippen LogP) is 2.69. The lowest BCUT2D eigenvalue weighted by molar-refractivity contribution is -0.144.